The molecule has 1 aliphatic rings. The minimum absolute atomic E-state index is 0.0876. The lowest BCUT2D eigenvalue weighted by Gasteiger charge is -2.11. The maximum atomic E-state index is 12.2. The molecule has 1 fully saturated rings. The van der Waals surface area contributed by atoms with Gasteiger partial charge in [0, 0.05) is 25.0 Å². The normalized spacial score (nSPS) is 16.8. The highest BCUT2D eigenvalue weighted by Gasteiger charge is 2.17. The number of ether oxygens (including phenoxy) is 1. The summed E-state index contributed by atoms with van der Waals surface area (Å²) in [4.78, 5) is 20.5. The fourth-order valence-corrected chi connectivity index (χ4v) is 2.65. The molecule has 6 nitrogen and oxygen atoms in total. The number of aromatic nitrogens is 2. The minimum Gasteiger partial charge on any atom is -0.376 e. The Morgan fingerprint density at radius 3 is 2.92 bits per heavy atom. The molecule has 1 unspecified atom stereocenters. The number of halogens is 2. The van der Waals surface area contributed by atoms with Gasteiger partial charge in [-0.05, 0) is 37.1 Å². The summed E-state index contributed by atoms with van der Waals surface area (Å²) in [6.07, 6.45) is 3.61. The Kier molecular flexibility index (Phi) is 5.50. The summed E-state index contributed by atoms with van der Waals surface area (Å²) >= 11 is 11.9. The van der Waals surface area contributed by atoms with Crippen molar-refractivity contribution in [2.75, 3.05) is 18.5 Å². The van der Waals surface area contributed by atoms with Crippen LogP contribution in [0.2, 0.25) is 10.0 Å². The SMILES string of the molecule is O=C(NCC1CCCO1)c1ccnc(Nc2ccc(Cl)c(Cl)c2)n1. The highest BCUT2D eigenvalue weighted by molar-refractivity contribution is 6.42. The van der Waals surface area contributed by atoms with E-state index in [2.05, 4.69) is 20.6 Å². The molecule has 0 radical (unpaired) electrons. The highest BCUT2D eigenvalue weighted by Crippen LogP contribution is 2.26. The standard InChI is InChI=1S/C16H16Cl2N4O2/c17-12-4-3-10(8-13(12)18)21-16-19-6-5-14(22-16)15(23)20-9-11-2-1-7-24-11/h3-6,8,11H,1-2,7,9H2,(H,20,23)(H,19,21,22). The van der Waals surface area contributed by atoms with Gasteiger partial charge in [0.05, 0.1) is 16.1 Å². The van der Waals surface area contributed by atoms with Crippen molar-refractivity contribution in [1.82, 2.24) is 15.3 Å². The lowest BCUT2D eigenvalue weighted by atomic mass is 10.2. The number of nitrogens with one attached hydrogen (secondary N) is 2. The summed E-state index contributed by atoms with van der Waals surface area (Å²) in [6.45, 7) is 1.24. The molecule has 3 rings (SSSR count). The Bertz CT molecular complexity index is 736. The van der Waals surface area contributed by atoms with Gasteiger partial charge in [-0.1, -0.05) is 23.2 Å². The molecule has 2 heterocycles. The zero-order valence-corrected chi connectivity index (χ0v) is 14.3. The number of hydrogen-bond donors (Lipinski definition) is 2. The van der Waals surface area contributed by atoms with Crippen molar-refractivity contribution in [1.29, 1.82) is 0 Å². The molecule has 1 amide bonds. The number of hydrogen-bond acceptors (Lipinski definition) is 5. The smallest absolute Gasteiger partial charge is 0.270 e. The summed E-state index contributed by atoms with van der Waals surface area (Å²) in [5.74, 6) is 0.0447. The minimum atomic E-state index is -0.259. The first-order valence-corrected chi connectivity index (χ1v) is 8.32. The van der Waals surface area contributed by atoms with Crippen LogP contribution in [0.15, 0.2) is 30.5 Å². The third-order valence-corrected chi connectivity index (χ3v) is 4.32. The summed E-state index contributed by atoms with van der Waals surface area (Å²) in [5, 5.41) is 6.71. The Balaban J connectivity index is 1.64. The first-order valence-electron chi connectivity index (χ1n) is 7.57. The van der Waals surface area contributed by atoms with Gasteiger partial charge in [0.2, 0.25) is 5.95 Å². The van der Waals surface area contributed by atoms with Gasteiger partial charge in [0.25, 0.3) is 5.91 Å². The van der Waals surface area contributed by atoms with E-state index in [0.29, 0.717) is 28.2 Å². The van der Waals surface area contributed by atoms with E-state index in [1.54, 1.807) is 24.3 Å². The zero-order valence-electron chi connectivity index (χ0n) is 12.8. The average Bonchev–Trinajstić information content (AvgIpc) is 3.10. The highest BCUT2D eigenvalue weighted by atomic mass is 35.5. The summed E-state index contributed by atoms with van der Waals surface area (Å²) in [6, 6.07) is 6.65. The van der Waals surface area contributed by atoms with Gasteiger partial charge >= 0.3 is 0 Å². The topological polar surface area (TPSA) is 76.1 Å². The van der Waals surface area contributed by atoms with Crippen LogP contribution in [-0.2, 0) is 4.74 Å². The second-order valence-corrected chi connectivity index (χ2v) is 6.18. The van der Waals surface area contributed by atoms with Gasteiger partial charge in [0.15, 0.2) is 0 Å². The van der Waals surface area contributed by atoms with Crippen molar-refractivity contribution in [2.24, 2.45) is 0 Å². The largest absolute Gasteiger partial charge is 0.376 e. The van der Waals surface area contributed by atoms with Crippen LogP contribution in [0.25, 0.3) is 0 Å². The van der Waals surface area contributed by atoms with E-state index in [1.807, 2.05) is 0 Å². The maximum Gasteiger partial charge on any atom is 0.270 e. The second-order valence-electron chi connectivity index (χ2n) is 5.36. The Morgan fingerprint density at radius 2 is 2.17 bits per heavy atom. The number of amides is 1. The predicted molar refractivity (Wildman–Crippen MR) is 93.1 cm³/mol. The van der Waals surface area contributed by atoms with Gasteiger partial charge < -0.3 is 15.4 Å². The number of carbonyl (C=O) groups excluding carboxylic acids is 1. The molecular formula is C16H16Cl2N4O2. The van der Waals surface area contributed by atoms with Crippen LogP contribution in [0.1, 0.15) is 23.3 Å². The molecule has 8 heteroatoms. The molecule has 1 aromatic carbocycles. The van der Waals surface area contributed by atoms with Gasteiger partial charge in [-0.15, -0.1) is 0 Å². The number of benzene rings is 1. The van der Waals surface area contributed by atoms with Crippen LogP contribution in [0.3, 0.4) is 0 Å². The molecule has 0 saturated carbocycles. The lowest BCUT2D eigenvalue weighted by Crippen LogP contribution is -2.32. The molecule has 1 saturated heterocycles. The fourth-order valence-electron chi connectivity index (χ4n) is 2.35. The Labute approximate surface area is 149 Å². The fraction of sp³-hybridized carbons (Fsp3) is 0.312. The maximum absolute atomic E-state index is 12.2. The zero-order chi connectivity index (χ0) is 16.9. The van der Waals surface area contributed by atoms with Gasteiger partial charge in [-0.3, -0.25) is 4.79 Å². The third-order valence-electron chi connectivity index (χ3n) is 3.58. The van der Waals surface area contributed by atoms with Crippen molar-refractivity contribution in [2.45, 2.75) is 18.9 Å². The molecule has 1 atom stereocenters. The van der Waals surface area contributed by atoms with Crippen molar-refractivity contribution >= 4 is 40.7 Å². The second kappa shape index (κ2) is 7.79. The molecule has 24 heavy (non-hydrogen) atoms. The molecule has 0 spiro atoms. The lowest BCUT2D eigenvalue weighted by molar-refractivity contribution is 0.0853. The Hall–Kier alpha value is -1.89. The Morgan fingerprint density at radius 1 is 1.29 bits per heavy atom. The van der Waals surface area contributed by atoms with E-state index in [0.717, 1.165) is 19.4 Å². The van der Waals surface area contributed by atoms with Gasteiger partial charge in [0.1, 0.15) is 5.69 Å². The first-order chi connectivity index (χ1) is 11.6. The monoisotopic (exact) mass is 366 g/mol. The van der Waals surface area contributed by atoms with E-state index in [4.69, 9.17) is 27.9 Å². The average molecular weight is 367 g/mol. The van der Waals surface area contributed by atoms with Crippen LogP contribution in [0, 0.1) is 0 Å². The molecule has 2 aromatic rings. The number of carbonyl (C=O) groups is 1. The number of rotatable bonds is 5. The molecule has 0 aliphatic carbocycles. The van der Waals surface area contributed by atoms with Gasteiger partial charge in [-0.25, -0.2) is 9.97 Å². The predicted octanol–water partition coefficient (Wildman–Crippen LogP) is 3.44. The molecule has 126 valence electrons. The van der Waals surface area contributed by atoms with Crippen LogP contribution in [-0.4, -0.2) is 35.1 Å². The van der Waals surface area contributed by atoms with Crippen molar-refractivity contribution < 1.29 is 9.53 Å². The van der Waals surface area contributed by atoms with Crippen molar-refractivity contribution in [3.63, 3.8) is 0 Å². The van der Waals surface area contributed by atoms with E-state index in [-0.39, 0.29) is 17.7 Å². The van der Waals surface area contributed by atoms with Crippen LogP contribution < -0.4 is 10.6 Å². The molecular weight excluding hydrogens is 351 g/mol. The van der Waals surface area contributed by atoms with Crippen molar-refractivity contribution in [3.8, 4) is 0 Å². The number of nitrogens with zero attached hydrogens (tertiary/aromatic N) is 2. The summed E-state index contributed by atoms with van der Waals surface area (Å²) in [7, 11) is 0. The molecule has 0 bridgehead atoms. The van der Waals surface area contributed by atoms with Crippen LogP contribution in [0.5, 0.6) is 0 Å². The summed E-state index contributed by atoms with van der Waals surface area (Å²) in [5.41, 5.74) is 0.965. The van der Waals surface area contributed by atoms with E-state index in [1.165, 1.54) is 6.20 Å². The quantitative estimate of drug-likeness (QED) is 0.847. The van der Waals surface area contributed by atoms with E-state index < -0.39 is 0 Å². The van der Waals surface area contributed by atoms with Gasteiger partial charge in [-0.2, -0.15) is 0 Å². The molecule has 1 aliphatic heterocycles. The molecule has 2 N–H and O–H groups in total. The van der Waals surface area contributed by atoms with Crippen LogP contribution in [0.4, 0.5) is 11.6 Å². The number of anilines is 2. The van der Waals surface area contributed by atoms with Crippen LogP contribution >= 0.6 is 23.2 Å². The van der Waals surface area contributed by atoms with Crippen molar-refractivity contribution in [3.05, 3.63) is 46.2 Å². The third kappa shape index (κ3) is 4.35. The molecule has 1 aromatic heterocycles. The van der Waals surface area contributed by atoms with E-state index >= 15 is 0 Å². The van der Waals surface area contributed by atoms with E-state index in [9.17, 15) is 4.79 Å². The first kappa shape index (κ1) is 17.0. The summed E-state index contributed by atoms with van der Waals surface area (Å²) < 4.78 is 5.48.